The molecule has 0 radical (unpaired) electrons. The van der Waals surface area contributed by atoms with Crippen molar-refractivity contribution in [2.24, 2.45) is 5.73 Å². The SMILES string of the molecule is NC1(c2noc(-c3cc(Br)sc3Br)n2)CCCC1. The molecule has 1 saturated carbocycles. The van der Waals surface area contributed by atoms with Crippen LogP contribution in [-0.4, -0.2) is 10.1 Å². The molecule has 96 valence electrons. The van der Waals surface area contributed by atoms with E-state index in [1.54, 1.807) is 11.3 Å². The maximum atomic E-state index is 6.31. The third kappa shape index (κ3) is 2.17. The van der Waals surface area contributed by atoms with Gasteiger partial charge in [-0.15, -0.1) is 11.3 Å². The molecule has 1 fully saturated rings. The average molecular weight is 393 g/mol. The number of nitrogens with zero attached hydrogens (tertiary/aromatic N) is 2. The summed E-state index contributed by atoms with van der Waals surface area (Å²) in [6.07, 6.45) is 4.13. The van der Waals surface area contributed by atoms with E-state index >= 15 is 0 Å². The van der Waals surface area contributed by atoms with Gasteiger partial charge in [0, 0.05) is 0 Å². The van der Waals surface area contributed by atoms with E-state index in [1.165, 1.54) is 0 Å². The normalized spacial score (nSPS) is 18.4. The van der Waals surface area contributed by atoms with E-state index in [1.807, 2.05) is 6.07 Å². The molecule has 4 nitrogen and oxygen atoms in total. The predicted molar refractivity (Wildman–Crippen MR) is 77.3 cm³/mol. The molecule has 0 unspecified atom stereocenters. The Morgan fingerprint density at radius 2 is 2.06 bits per heavy atom. The van der Waals surface area contributed by atoms with Crippen LogP contribution in [0.2, 0.25) is 0 Å². The van der Waals surface area contributed by atoms with Crippen molar-refractivity contribution in [2.75, 3.05) is 0 Å². The van der Waals surface area contributed by atoms with E-state index < -0.39 is 5.54 Å². The Kier molecular flexibility index (Phi) is 3.34. The molecule has 0 saturated heterocycles. The van der Waals surface area contributed by atoms with Gasteiger partial charge in [0.2, 0.25) is 0 Å². The summed E-state index contributed by atoms with van der Waals surface area (Å²) in [7, 11) is 0. The highest BCUT2D eigenvalue weighted by Crippen LogP contribution is 2.40. The molecule has 2 heterocycles. The van der Waals surface area contributed by atoms with Crippen molar-refractivity contribution in [3.63, 3.8) is 0 Å². The first-order valence-corrected chi connectivity index (χ1v) is 8.07. The highest BCUT2D eigenvalue weighted by molar-refractivity contribution is 9.12. The van der Waals surface area contributed by atoms with E-state index in [4.69, 9.17) is 10.3 Å². The number of aromatic nitrogens is 2. The smallest absolute Gasteiger partial charge is 0.260 e. The van der Waals surface area contributed by atoms with E-state index in [0.717, 1.165) is 38.8 Å². The Balaban J connectivity index is 1.96. The van der Waals surface area contributed by atoms with Gasteiger partial charge in [0.05, 0.1) is 18.7 Å². The van der Waals surface area contributed by atoms with Crippen molar-refractivity contribution in [1.82, 2.24) is 10.1 Å². The van der Waals surface area contributed by atoms with E-state index in [2.05, 4.69) is 42.0 Å². The van der Waals surface area contributed by atoms with Gasteiger partial charge in [0.15, 0.2) is 5.82 Å². The van der Waals surface area contributed by atoms with Crippen molar-refractivity contribution in [3.05, 3.63) is 19.5 Å². The largest absolute Gasteiger partial charge is 0.334 e. The maximum Gasteiger partial charge on any atom is 0.260 e. The van der Waals surface area contributed by atoms with E-state index in [9.17, 15) is 0 Å². The molecule has 18 heavy (non-hydrogen) atoms. The Morgan fingerprint density at radius 1 is 1.33 bits per heavy atom. The van der Waals surface area contributed by atoms with Crippen molar-refractivity contribution < 1.29 is 4.52 Å². The van der Waals surface area contributed by atoms with Gasteiger partial charge in [-0.3, -0.25) is 0 Å². The summed E-state index contributed by atoms with van der Waals surface area (Å²) in [4.78, 5) is 4.46. The molecule has 0 aromatic carbocycles. The lowest BCUT2D eigenvalue weighted by atomic mass is 9.99. The molecule has 0 bridgehead atoms. The highest BCUT2D eigenvalue weighted by atomic mass is 79.9. The molecule has 3 rings (SSSR count). The van der Waals surface area contributed by atoms with E-state index in [0.29, 0.717) is 11.7 Å². The molecular formula is C11H11Br2N3OS. The lowest BCUT2D eigenvalue weighted by molar-refractivity contribution is 0.372. The Labute approximate surface area is 125 Å². The summed E-state index contributed by atoms with van der Waals surface area (Å²) in [5.74, 6) is 1.15. The van der Waals surface area contributed by atoms with E-state index in [-0.39, 0.29) is 0 Å². The van der Waals surface area contributed by atoms with Gasteiger partial charge in [-0.1, -0.05) is 18.0 Å². The van der Waals surface area contributed by atoms with Crippen LogP contribution in [0, 0.1) is 0 Å². The van der Waals surface area contributed by atoms with Crippen LogP contribution in [0.3, 0.4) is 0 Å². The third-order valence-corrected chi connectivity index (χ3v) is 5.59. The summed E-state index contributed by atoms with van der Waals surface area (Å²) in [5, 5.41) is 4.05. The zero-order chi connectivity index (χ0) is 12.8. The zero-order valence-electron chi connectivity index (χ0n) is 9.45. The Morgan fingerprint density at radius 3 is 2.67 bits per heavy atom. The lowest BCUT2D eigenvalue weighted by Gasteiger charge is -2.17. The topological polar surface area (TPSA) is 64.9 Å². The van der Waals surface area contributed by atoms with Crippen LogP contribution in [0.15, 0.2) is 18.2 Å². The quantitative estimate of drug-likeness (QED) is 0.837. The predicted octanol–water partition coefficient (Wildman–Crippen LogP) is 4.05. The number of hydrogen-bond acceptors (Lipinski definition) is 5. The molecule has 0 spiro atoms. The van der Waals surface area contributed by atoms with Gasteiger partial charge in [-0.25, -0.2) is 0 Å². The monoisotopic (exact) mass is 391 g/mol. The van der Waals surface area contributed by atoms with Crippen molar-refractivity contribution in [3.8, 4) is 11.5 Å². The summed E-state index contributed by atoms with van der Waals surface area (Å²) in [5.41, 5.74) is 6.82. The Bertz CT molecular complexity index is 575. The zero-order valence-corrected chi connectivity index (χ0v) is 13.4. The maximum absolute atomic E-state index is 6.31. The molecule has 2 aromatic rings. The molecule has 1 aliphatic carbocycles. The van der Waals surface area contributed by atoms with Gasteiger partial charge in [-0.05, 0) is 50.8 Å². The fraction of sp³-hybridized carbons (Fsp3) is 0.455. The fourth-order valence-corrected chi connectivity index (χ4v) is 5.03. The first kappa shape index (κ1) is 12.8. The van der Waals surface area contributed by atoms with Gasteiger partial charge in [0.1, 0.15) is 0 Å². The van der Waals surface area contributed by atoms with Crippen LogP contribution >= 0.6 is 43.2 Å². The minimum Gasteiger partial charge on any atom is -0.334 e. The van der Waals surface area contributed by atoms with Crippen LogP contribution in [0.1, 0.15) is 31.5 Å². The molecule has 1 aliphatic rings. The van der Waals surface area contributed by atoms with Gasteiger partial charge in [0.25, 0.3) is 5.89 Å². The second kappa shape index (κ2) is 4.70. The molecule has 7 heteroatoms. The average Bonchev–Trinajstić information content (AvgIpc) is 2.99. The summed E-state index contributed by atoms with van der Waals surface area (Å²) >= 11 is 8.51. The van der Waals surface area contributed by atoms with Crippen LogP contribution in [-0.2, 0) is 5.54 Å². The third-order valence-electron chi connectivity index (χ3n) is 3.25. The van der Waals surface area contributed by atoms with Gasteiger partial charge >= 0.3 is 0 Å². The number of thiophene rings is 1. The summed E-state index contributed by atoms with van der Waals surface area (Å²) < 4.78 is 7.33. The molecule has 0 atom stereocenters. The molecule has 2 aromatic heterocycles. The summed E-state index contributed by atoms with van der Waals surface area (Å²) in [6.45, 7) is 0. The highest BCUT2D eigenvalue weighted by Gasteiger charge is 2.36. The lowest BCUT2D eigenvalue weighted by Crippen LogP contribution is -2.34. The minimum atomic E-state index is -0.401. The number of halogens is 2. The first-order valence-electron chi connectivity index (χ1n) is 5.67. The van der Waals surface area contributed by atoms with Crippen LogP contribution in [0.4, 0.5) is 0 Å². The van der Waals surface area contributed by atoms with Crippen molar-refractivity contribution in [2.45, 2.75) is 31.2 Å². The standard InChI is InChI=1S/C11H11Br2N3OS/c12-7-5-6(8(13)18-7)9-15-10(16-17-9)11(14)3-1-2-4-11/h5H,1-4,14H2. The molecule has 2 N–H and O–H groups in total. The fourth-order valence-electron chi connectivity index (χ4n) is 2.25. The summed E-state index contributed by atoms with van der Waals surface area (Å²) in [6, 6.07) is 1.96. The van der Waals surface area contributed by atoms with Crippen molar-refractivity contribution in [1.29, 1.82) is 0 Å². The van der Waals surface area contributed by atoms with Crippen molar-refractivity contribution >= 4 is 43.2 Å². The molecule has 0 amide bonds. The Hall–Kier alpha value is -0.240. The van der Waals surface area contributed by atoms with Crippen LogP contribution in [0.25, 0.3) is 11.5 Å². The van der Waals surface area contributed by atoms with Gasteiger partial charge < -0.3 is 10.3 Å². The molecular weight excluding hydrogens is 382 g/mol. The first-order chi connectivity index (χ1) is 8.58. The number of rotatable bonds is 2. The second-order valence-corrected chi connectivity index (χ2v) is 8.27. The van der Waals surface area contributed by atoms with Crippen LogP contribution in [0.5, 0.6) is 0 Å². The minimum absolute atomic E-state index is 0.401. The molecule has 0 aliphatic heterocycles. The second-order valence-electron chi connectivity index (χ2n) is 4.52. The van der Waals surface area contributed by atoms with Gasteiger partial charge in [-0.2, -0.15) is 4.98 Å². The number of nitrogens with two attached hydrogens (primary N) is 1. The number of hydrogen-bond donors (Lipinski definition) is 1. The van der Waals surface area contributed by atoms with Crippen LogP contribution < -0.4 is 5.73 Å².